The van der Waals surface area contributed by atoms with Crippen LogP contribution in [-0.4, -0.2) is 57.2 Å². The number of sulfone groups is 1. The van der Waals surface area contributed by atoms with E-state index >= 15 is 0 Å². The van der Waals surface area contributed by atoms with E-state index in [0.29, 0.717) is 32.0 Å². The molecular weight excluding hydrogens is 290 g/mol. The molecule has 0 bridgehead atoms. The van der Waals surface area contributed by atoms with Gasteiger partial charge in [0, 0.05) is 31.6 Å². The second-order valence-electron chi connectivity index (χ2n) is 6.64. The normalized spacial score (nSPS) is 20.1. The number of rotatable bonds is 4. The van der Waals surface area contributed by atoms with Gasteiger partial charge in [0.2, 0.25) is 0 Å². The van der Waals surface area contributed by atoms with E-state index in [4.69, 9.17) is 4.74 Å². The van der Waals surface area contributed by atoms with Crippen molar-refractivity contribution in [2.24, 2.45) is 4.99 Å². The third-order valence-corrected chi connectivity index (χ3v) is 5.66. The minimum Gasteiger partial charge on any atom is -0.381 e. The van der Waals surface area contributed by atoms with E-state index in [1.54, 1.807) is 0 Å². The van der Waals surface area contributed by atoms with Crippen LogP contribution in [0.3, 0.4) is 0 Å². The van der Waals surface area contributed by atoms with Crippen molar-refractivity contribution in [2.45, 2.75) is 50.8 Å². The van der Waals surface area contributed by atoms with Crippen LogP contribution in [0.4, 0.5) is 0 Å². The fourth-order valence-corrected chi connectivity index (χ4v) is 3.48. The van der Waals surface area contributed by atoms with Gasteiger partial charge in [0.15, 0.2) is 15.8 Å². The Morgan fingerprint density at radius 3 is 2.29 bits per heavy atom. The van der Waals surface area contributed by atoms with Crippen molar-refractivity contribution in [3.8, 4) is 0 Å². The molecule has 124 valence electrons. The summed E-state index contributed by atoms with van der Waals surface area (Å²) in [6, 6.07) is 0. The van der Waals surface area contributed by atoms with Gasteiger partial charge in [-0.25, -0.2) is 8.42 Å². The van der Waals surface area contributed by atoms with Crippen molar-refractivity contribution in [2.75, 3.05) is 32.6 Å². The van der Waals surface area contributed by atoms with Gasteiger partial charge >= 0.3 is 0 Å². The molecule has 1 rings (SSSR count). The Balaban J connectivity index is 2.93. The predicted molar refractivity (Wildman–Crippen MR) is 86.5 cm³/mol. The molecule has 1 fully saturated rings. The van der Waals surface area contributed by atoms with Gasteiger partial charge in [-0.3, -0.25) is 4.99 Å². The van der Waals surface area contributed by atoms with Crippen LogP contribution in [0.25, 0.3) is 0 Å². The second-order valence-corrected chi connectivity index (χ2v) is 9.05. The lowest BCUT2D eigenvalue weighted by molar-refractivity contribution is 0.0768. The zero-order valence-corrected chi connectivity index (χ0v) is 14.6. The first-order chi connectivity index (χ1) is 9.60. The van der Waals surface area contributed by atoms with Gasteiger partial charge in [0.1, 0.15) is 0 Å². The van der Waals surface area contributed by atoms with Gasteiger partial charge in [0.05, 0.1) is 11.3 Å². The highest BCUT2D eigenvalue weighted by molar-refractivity contribution is 7.92. The van der Waals surface area contributed by atoms with Gasteiger partial charge in [-0.15, -0.1) is 0 Å². The summed E-state index contributed by atoms with van der Waals surface area (Å²) in [4.78, 5) is 4.52. The molecule has 1 heterocycles. The smallest absolute Gasteiger partial charge is 0.191 e. The summed E-state index contributed by atoms with van der Waals surface area (Å²) in [5.41, 5.74) is -0.130. The zero-order chi connectivity index (χ0) is 16.1. The topological polar surface area (TPSA) is 79.8 Å². The Labute approximate surface area is 128 Å². The molecule has 0 aromatic rings. The summed E-state index contributed by atoms with van der Waals surface area (Å²) in [6.07, 6.45) is 2.31. The molecule has 0 amide bonds. The first-order valence-corrected chi connectivity index (χ1v) is 9.33. The molecule has 0 aromatic heterocycles. The molecule has 2 N–H and O–H groups in total. The van der Waals surface area contributed by atoms with Crippen LogP contribution < -0.4 is 10.6 Å². The fraction of sp³-hybridized carbons (Fsp3) is 0.929. The van der Waals surface area contributed by atoms with Crippen LogP contribution >= 0.6 is 0 Å². The number of guanidine groups is 1. The number of ether oxygens (including phenoxy) is 1. The first-order valence-electron chi connectivity index (χ1n) is 7.43. The fourth-order valence-electron chi connectivity index (χ4n) is 2.27. The highest BCUT2D eigenvalue weighted by Crippen LogP contribution is 2.29. The van der Waals surface area contributed by atoms with Gasteiger partial charge in [0.25, 0.3) is 0 Å². The van der Waals surface area contributed by atoms with Gasteiger partial charge in [-0.05, 0) is 40.5 Å². The highest BCUT2D eigenvalue weighted by atomic mass is 32.2. The lowest BCUT2D eigenvalue weighted by Crippen LogP contribution is -2.50. The van der Waals surface area contributed by atoms with Gasteiger partial charge < -0.3 is 15.4 Å². The molecule has 0 saturated carbocycles. The molecule has 0 aromatic carbocycles. The number of nitrogens with one attached hydrogen (secondary N) is 2. The predicted octanol–water partition coefficient (Wildman–Crippen LogP) is 0.934. The number of nitrogens with zero attached hydrogens (tertiary/aromatic N) is 1. The molecule has 1 aliphatic heterocycles. The van der Waals surface area contributed by atoms with Gasteiger partial charge in [-0.2, -0.15) is 0 Å². The van der Waals surface area contributed by atoms with Crippen LogP contribution in [0.15, 0.2) is 4.99 Å². The second kappa shape index (κ2) is 6.96. The van der Waals surface area contributed by atoms with E-state index < -0.39 is 14.6 Å². The van der Waals surface area contributed by atoms with E-state index in [9.17, 15) is 8.42 Å². The molecule has 0 atom stereocenters. The van der Waals surface area contributed by atoms with E-state index in [2.05, 4.69) is 15.6 Å². The van der Waals surface area contributed by atoms with Crippen LogP contribution in [0.2, 0.25) is 0 Å². The quantitative estimate of drug-likeness (QED) is 0.595. The van der Waals surface area contributed by atoms with Crippen molar-refractivity contribution < 1.29 is 13.2 Å². The van der Waals surface area contributed by atoms with Crippen molar-refractivity contribution >= 4 is 15.8 Å². The maximum absolute atomic E-state index is 12.2. The first kappa shape index (κ1) is 18.2. The maximum atomic E-state index is 12.2. The number of hydrogen-bond donors (Lipinski definition) is 2. The molecule has 0 radical (unpaired) electrons. The Bertz CT molecular complexity index is 460. The van der Waals surface area contributed by atoms with Crippen molar-refractivity contribution in [3.63, 3.8) is 0 Å². The van der Waals surface area contributed by atoms with Crippen LogP contribution in [0, 0.1) is 0 Å². The van der Waals surface area contributed by atoms with E-state index in [-0.39, 0.29) is 12.1 Å². The molecule has 0 aliphatic carbocycles. The summed E-state index contributed by atoms with van der Waals surface area (Å²) in [7, 11) is -3.18. The molecule has 21 heavy (non-hydrogen) atoms. The molecule has 7 heteroatoms. The van der Waals surface area contributed by atoms with Crippen LogP contribution in [-0.2, 0) is 14.6 Å². The minimum atomic E-state index is -3.18. The molecule has 6 nitrogen and oxygen atoms in total. The maximum Gasteiger partial charge on any atom is 0.191 e. The van der Waals surface area contributed by atoms with Crippen LogP contribution in [0.1, 0.15) is 40.5 Å². The molecule has 1 aliphatic rings. The van der Waals surface area contributed by atoms with Crippen LogP contribution in [0.5, 0.6) is 0 Å². The Morgan fingerprint density at radius 1 is 1.29 bits per heavy atom. The summed E-state index contributed by atoms with van der Waals surface area (Å²) in [6.45, 7) is 10.1. The Hall–Kier alpha value is -0.820. The molecular formula is C14H29N3O3S. The van der Waals surface area contributed by atoms with Gasteiger partial charge in [-0.1, -0.05) is 0 Å². The lowest BCUT2D eigenvalue weighted by atomic mass is 9.99. The van der Waals surface area contributed by atoms with Crippen molar-refractivity contribution in [1.29, 1.82) is 0 Å². The molecule has 1 saturated heterocycles. The average molecular weight is 319 g/mol. The van der Waals surface area contributed by atoms with Crippen molar-refractivity contribution in [1.82, 2.24) is 10.6 Å². The Morgan fingerprint density at radius 2 is 1.86 bits per heavy atom. The number of aliphatic imine (C=N–C) groups is 1. The van der Waals surface area contributed by atoms with E-state index in [1.165, 1.54) is 6.26 Å². The number of hydrogen-bond acceptors (Lipinski definition) is 4. The third-order valence-electron chi connectivity index (χ3n) is 3.55. The molecule has 0 spiro atoms. The summed E-state index contributed by atoms with van der Waals surface area (Å²) in [5, 5.41) is 6.44. The standard InChI is InChI=1S/C14H29N3O3S/c1-6-15-12(17-13(2,3)4)16-11-14(21(5,18)19)7-9-20-10-8-14/h6-11H2,1-5H3,(H2,15,16,17). The zero-order valence-electron chi connectivity index (χ0n) is 13.8. The summed E-state index contributed by atoms with van der Waals surface area (Å²) < 4.78 is 28.9. The van der Waals surface area contributed by atoms with Crippen molar-refractivity contribution in [3.05, 3.63) is 0 Å². The Kier molecular flexibility index (Phi) is 6.04. The third kappa shape index (κ3) is 5.47. The average Bonchev–Trinajstić information content (AvgIpc) is 2.34. The minimum absolute atomic E-state index is 0.130. The van der Waals surface area contributed by atoms with E-state index in [1.807, 2.05) is 27.7 Å². The lowest BCUT2D eigenvalue weighted by Gasteiger charge is -2.34. The highest BCUT2D eigenvalue weighted by Gasteiger charge is 2.42. The summed E-state index contributed by atoms with van der Waals surface area (Å²) in [5.74, 6) is 0.652. The monoisotopic (exact) mass is 319 g/mol. The summed E-state index contributed by atoms with van der Waals surface area (Å²) >= 11 is 0. The van der Waals surface area contributed by atoms with E-state index in [0.717, 1.165) is 6.54 Å². The largest absolute Gasteiger partial charge is 0.381 e. The molecule has 0 unspecified atom stereocenters. The SMILES string of the molecule is CCNC(=NCC1(S(C)(=O)=O)CCOCC1)NC(C)(C)C.